The molecule has 0 atom stereocenters. The van der Waals surface area contributed by atoms with Gasteiger partial charge in [-0.3, -0.25) is 13.9 Å². The molecule has 3 aromatic rings. The molecule has 0 saturated carbocycles. The fourth-order valence-corrected chi connectivity index (χ4v) is 5.71. The SMILES string of the molecule is O=C(CN(c1ccc(F)cc1)S(=O)(=O)c1ccc2c(c1)OCCO2)Nc1ccccc1C(=O)N1CCOCC1. The second kappa shape index (κ2) is 11.3. The summed E-state index contributed by atoms with van der Waals surface area (Å²) in [5, 5.41) is 2.67. The highest BCUT2D eigenvalue weighted by molar-refractivity contribution is 7.92. The van der Waals surface area contributed by atoms with Gasteiger partial charge in [-0.25, -0.2) is 12.8 Å². The molecule has 0 radical (unpaired) electrons. The third-order valence-corrected chi connectivity index (χ3v) is 8.00. The fourth-order valence-electron chi connectivity index (χ4n) is 4.27. The van der Waals surface area contributed by atoms with Gasteiger partial charge in [-0.1, -0.05) is 12.1 Å². The van der Waals surface area contributed by atoms with Crippen LogP contribution in [0.4, 0.5) is 15.8 Å². The van der Waals surface area contributed by atoms with Crippen LogP contribution in [0, 0.1) is 5.82 Å². The van der Waals surface area contributed by atoms with Gasteiger partial charge in [0.2, 0.25) is 5.91 Å². The maximum Gasteiger partial charge on any atom is 0.264 e. The number of nitrogens with zero attached hydrogens (tertiary/aromatic N) is 2. The second-order valence-electron chi connectivity index (χ2n) is 8.79. The van der Waals surface area contributed by atoms with Crippen molar-refractivity contribution in [2.24, 2.45) is 0 Å². The molecule has 0 aliphatic carbocycles. The Bertz CT molecular complexity index is 1470. The van der Waals surface area contributed by atoms with E-state index >= 15 is 0 Å². The maximum absolute atomic E-state index is 13.8. The fraction of sp³-hybridized carbons (Fsp3) is 0.259. The lowest BCUT2D eigenvalue weighted by Gasteiger charge is -2.28. The average Bonchev–Trinajstić information content (AvgIpc) is 2.96. The van der Waals surface area contributed by atoms with E-state index < -0.39 is 28.3 Å². The number of hydrogen-bond acceptors (Lipinski definition) is 7. The number of sulfonamides is 1. The number of ether oxygens (including phenoxy) is 3. The van der Waals surface area contributed by atoms with Crippen LogP contribution in [-0.4, -0.2) is 71.2 Å². The van der Waals surface area contributed by atoms with Gasteiger partial charge in [-0.15, -0.1) is 0 Å². The molecule has 0 spiro atoms. The van der Waals surface area contributed by atoms with Crippen molar-refractivity contribution in [3.8, 4) is 11.5 Å². The summed E-state index contributed by atoms with van der Waals surface area (Å²) in [5.74, 6) is -0.846. The lowest BCUT2D eigenvalue weighted by molar-refractivity contribution is -0.114. The lowest BCUT2D eigenvalue weighted by atomic mass is 10.1. The van der Waals surface area contributed by atoms with Crippen LogP contribution in [0.5, 0.6) is 11.5 Å². The van der Waals surface area contributed by atoms with Crippen LogP contribution in [0.2, 0.25) is 0 Å². The molecule has 0 aromatic heterocycles. The van der Waals surface area contributed by atoms with Gasteiger partial charge in [-0.2, -0.15) is 0 Å². The summed E-state index contributed by atoms with van der Waals surface area (Å²) in [7, 11) is -4.31. The predicted octanol–water partition coefficient (Wildman–Crippen LogP) is 2.90. The van der Waals surface area contributed by atoms with Crippen molar-refractivity contribution in [3.05, 3.63) is 78.1 Å². The number of halogens is 1. The molecule has 0 bridgehead atoms. The first-order valence-electron chi connectivity index (χ1n) is 12.3. The first-order chi connectivity index (χ1) is 18.8. The van der Waals surface area contributed by atoms with E-state index in [0.717, 1.165) is 16.4 Å². The number of nitrogens with one attached hydrogen (secondary N) is 1. The highest BCUT2D eigenvalue weighted by atomic mass is 32.2. The summed E-state index contributed by atoms with van der Waals surface area (Å²) < 4.78 is 58.4. The number of para-hydroxylation sites is 1. The van der Waals surface area contributed by atoms with E-state index in [1.165, 1.54) is 30.3 Å². The van der Waals surface area contributed by atoms with E-state index in [9.17, 15) is 22.4 Å². The number of fused-ring (bicyclic) bond motifs is 1. The van der Waals surface area contributed by atoms with E-state index in [4.69, 9.17) is 14.2 Å². The van der Waals surface area contributed by atoms with E-state index in [1.807, 2.05) is 0 Å². The van der Waals surface area contributed by atoms with Gasteiger partial charge in [0.05, 0.1) is 35.0 Å². The Kier molecular flexibility index (Phi) is 7.66. The number of carbonyl (C=O) groups is 2. The Balaban J connectivity index is 1.42. The maximum atomic E-state index is 13.8. The highest BCUT2D eigenvalue weighted by Gasteiger charge is 2.30. The molecule has 3 aromatic carbocycles. The third-order valence-electron chi connectivity index (χ3n) is 6.23. The molecule has 2 heterocycles. The molecule has 2 aliphatic rings. The van der Waals surface area contributed by atoms with Crippen molar-refractivity contribution in [1.29, 1.82) is 0 Å². The van der Waals surface area contributed by atoms with E-state index in [-0.39, 0.29) is 40.1 Å². The van der Waals surface area contributed by atoms with Gasteiger partial charge in [0.15, 0.2) is 11.5 Å². The zero-order valence-corrected chi connectivity index (χ0v) is 21.7. The quantitative estimate of drug-likeness (QED) is 0.477. The monoisotopic (exact) mass is 555 g/mol. The van der Waals surface area contributed by atoms with Crippen LogP contribution in [-0.2, 0) is 19.6 Å². The Morgan fingerprint density at radius 2 is 1.59 bits per heavy atom. The zero-order valence-electron chi connectivity index (χ0n) is 20.8. The number of amides is 2. The molecule has 10 nitrogen and oxygen atoms in total. The molecule has 39 heavy (non-hydrogen) atoms. The number of anilines is 2. The van der Waals surface area contributed by atoms with Gasteiger partial charge >= 0.3 is 0 Å². The standard InChI is InChI=1S/C27H26FN3O7S/c28-19-5-7-20(8-6-19)31(39(34,35)21-9-10-24-25(17-21)38-16-15-37-24)18-26(32)29-23-4-2-1-3-22(23)27(33)30-11-13-36-14-12-30/h1-10,17H,11-16,18H2,(H,29,32). The first kappa shape index (κ1) is 26.4. The summed E-state index contributed by atoms with van der Waals surface area (Å²) in [4.78, 5) is 27.8. The minimum absolute atomic E-state index is 0.0825. The van der Waals surface area contributed by atoms with Gasteiger partial charge in [0.25, 0.3) is 15.9 Å². The van der Waals surface area contributed by atoms with E-state index in [2.05, 4.69) is 5.32 Å². The minimum Gasteiger partial charge on any atom is -0.486 e. The summed E-state index contributed by atoms with van der Waals surface area (Å²) in [6.07, 6.45) is 0. The summed E-state index contributed by atoms with van der Waals surface area (Å²) in [5.41, 5.74) is 0.602. The summed E-state index contributed by atoms with van der Waals surface area (Å²) >= 11 is 0. The predicted molar refractivity (Wildman–Crippen MR) is 140 cm³/mol. The molecule has 2 aliphatic heterocycles. The van der Waals surface area contributed by atoms with E-state index in [0.29, 0.717) is 38.7 Å². The van der Waals surface area contributed by atoms with Crippen molar-refractivity contribution in [1.82, 2.24) is 4.90 Å². The van der Waals surface area contributed by atoms with Gasteiger partial charge in [0.1, 0.15) is 25.6 Å². The molecule has 0 unspecified atom stereocenters. The lowest BCUT2D eigenvalue weighted by Crippen LogP contribution is -2.41. The molecule has 2 amide bonds. The van der Waals surface area contributed by atoms with Crippen molar-refractivity contribution in [2.45, 2.75) is 4.90 Å². The molecular formula is C27H26FN3O7S. The van der Waals surface area contributed by atoms with E-state index in [1.54, 1.807) is 29.2 Å². The Labute approximate surface area is 224 Å². The molecular weight excluding hydrogens is 529 g/mol. The number of rotatable bonds is 7. The van der Waals surface area contributed by atoms with Crippen LogP contribution in [0.1, 0.15) is 10.4 Å². The summed E-state index contributed by atoms with van der Waals surface area (Å²) in [6, 6.07) is 15.4. The van der Waals surface area contributed by atoms with Crippen LogP contribution in [0.15, 0.2) is 71.6 Å². The van der Waals surface area contributed by atoms with Crippen LogP contribution in [0.25, 0.3) is 0 Å². The number of hydrogen-bond donors (Lipinski definition) is 1. The normalized spacial score (nSPS) is 14.9. The number of morpholine rings is 1. The summed E-state index contributed by atoms with van der Waals surface area (Å²) in [6.45, 7) is 1.66. The zero-order chi connectivity index (χ0) is 27.4. The number of benzene rings is 3. The van der Waals surface area contributed by atoms with Crippen molar-refractivity contribution in [2.75, 3.05) is 55.7 Å². The smallest absolute Gasteiger partial charge is 0.264 e. The Morgan fingerprint density at radius 3 is 2.33 bits per heavy atom. The van der Waals surface area contributed by atoms with Crippen molar-refractivity contribution >= 4 is 33.2 Å². The Hall–Kier alpha value is -4.16. The minimum atomic E-state index is -4.31. The highest BCUT2D eigenvalue weighted by Crippen LogP contribution is 2.34. The second-order valence-corrected chi connectivity index (χ2v) is 10.7. The molecule has 12 heteroatoms. The topological polar surface area (TPSA) is 114 Å². The van der Waals surface area contributed by atoms with Crippen molar-refractivity contribution in [3.63, 3.8) is 0 Å². The molecule has 1 N–H and O–H groups in total. The first-order valence-corrected chi connectivity index (χ1v) is 13.7. The number of carbonyl (C=O) groups excluding carboxylic acids is 2. The largest absolute Gasteiger partial charge is 0.486 e. The van der Waals surface area contributed by atoms with Crippen molar-refractivity contribution < 1.29 is 36.6 Å². The molecule has 1 saturated heterocycles. The van der Waals surface area contributed by atoms with Crippen LogP contribution >= 0.6 is 0 Å². The molecule has 5 rings (SSSR count). The Morgan fingerprint density at radius 1 is 0.897 bits per heavy atom. The average molecular weight is 556 g/mol. The van der Waals surface area contributed by atoms with Gasteiger partial charge in [-0.05, 0) is 48.5 Å². The van der Waals surface area contributed by atoms with Gasteiger partial charge in [0, 0.05) is 19.2 Å². The molecule has 204 valence electrons. The van der Waals surface area contributed by atoms with Gasteiger partial charge < -0.3 is 24.4 Å². The van der Waals surface area contributed by atoms with Crippen LogP contribution in [0.3, 0.4) is 0 Å². The third kappa shape index (κ3) is 5.81. The molecule has 1 fully saturated rings. The van der Waals surface area contributed by atoms with Crippen LogP contribution < -0.4 is 19.1 Å².